The monoisotopic (exact) mass is 300 g/mol. The molecule has 18 heavy (non-hydrogen) atoms. The van der Waals surface area contributed by atoms with E-state index in [-0.39, 0.29) is 6.04 Å². The first-order valence-electron chi connectivity index (χ1n) is 5.71. The first-order chi connectivity index (χ1) is 8.70. The second-order valence-corrected chi connectivity index (χ2v) is 5.86. The molecule has 1 N–H and O–H groups in total. The highest BCUT2D eigenvalue weighted by molar-refractivity contribution is 7.09. The lowest BCUT2D eigenvalue weighted by molar-refractivity contribution is 0.538. The molecule has 2 aromatic heterocycles. The van der Waals surface area contributed by atoms with Crippen molar-refractivity contribution in [3.05, 3.63) is 50.4 Å². The minimum Gasteiger partial charge on any atom is -0.312 e. The van der Waals surface area contributed by atoms with Crippen LogP contribution >= 0.6 is 34.5 Å². The van der Waals surface area contributed by atoms with E-state index in [1.165, 1.54) is 4.88 Å². The SMILES string of the molecule is CNC(CCc1cccs1)c1ncc(Cl)cc1Cl. The van der Waals surface area contributed by atoms with Gasteiger partial charge in [0, 0.05) is 11.1 Å². The fourth-order valence-electron chi connectivity index (χ4n) is 1.84. The van der Waals surface area contributed by atoms with Crippen LogP contribution in [0.2, 0.25) is 10.0 Å². The Kier molecular flexibility index (Phi) is 5.01. The first kappa shape index (κ1) is 13.8. The minimum atomic E-state index is 0.150. The van der Waals surface area contributed by atoms with E-state index >= 15 is 0 Å². The zero-order chi connectivity index (χ0) is 13.0. The molecule has 2 heterocycles. The Labute approximate surface area is 121 Å². The Hall–Kier alpha value is -0.610. The highest BCUT2D eigenvalue weighted by atomic mass is 35.5. The first-order valence-corrected chi connectivity index (χ1v) is 7.35. The van der Waals surface area contributed by atoms with Crippen LogP contribution in [0.15, 0.2) is 29.8 Å². The van der Waals surface area contributed by atoms with Crippen LogP contribution in [0.1, 0.15) is 23.0 Å². The van der Waals surface area contributed by atoms with E-state index in [0.29, 0.717) is 10.0 Å². The lowest BCUT2D eigenvalue weighted by Crippen LogP contribution is -2.18. The predicted octanol–water partition coefficient (Wildman–Crippen LogP) is 4.34. The van der Waals surface area contributed by atoms with Gasteiger partial charge in [-0.25, -0.2) is 0 Å². The minimum absolute atomic E-state index is 0.150. The molecule has 0 aliphatic rings. The topological polar surface area (TPSA) is 24.9 Å². The number of nitrogens with zero attached hydrogens (tertiary/aromatic N) is 1. The largest absolute Gasteiger partial charge is 0.312 e. The van der Waals surface area contributed by atoms with Gasteiger partial charge in [0.25, 0.3) is 0 Å². The van der Waals surface area contributed by atoms with Crippen molar-refractivity contribution in [1.29, 1.82) is 0 Å². The van der Waals surface area contributed by atoms with Crippen LogP contribution in [0.3, 0.4) is 0 Å². The summed E-state index contributed by atoms with van der Waals surface area (Å²) in [5.74, 6) is 0. The lowest BCUT2D eigenvalue weighted by atomic mass is 10.1. The number of aromatic nitrogens is 1. The number of hydrogen-bond acceptors (Lipinski definition) is 3. The zero-order valence-electron chi connectivity index (χ0n) is 9.99. The molecule has 0 bridgehead atoms. The molecule has 0 aliphatic heterocycles. The van der Waals surface area contributed by atoms with Gasteiger partial charge in [0.1, 0.15) is 0 Å². The summed E-state index contributed by atoms with van der Waals surface area (Å²) in [6.07, 6.45) is 3.62. The van der Waals surface area contributed by atoms with Gasteiger partial charge in [-0.1, -0.05) is 29.3 Å². The normalized spacial score (nSPS) is 12.6. The van der Waals surface area contributed by atoms with Crippen molar-refractivity contribution in [2.75, 3.05) is 7.05 Å². The third-order valence-electron chi connectivity index (χ3n) is 2.77. The van der Waals surface area contributed by atoms with E-state index in [4.69, 9.17) is 23.2 Å². The van der Waals surface area contributed by atoms with Crippen molar-refractivity contribution in [3.63, 3.8) is 0 Å². The van der Waals surface area contributed by atoms with Crippen molar-refractivity contribution in [1.82, 2.24) is 10.3 Å². The van der Waals surface area contributed by atoms with Crippen molar-refractivity contribution >= 4 is 34.5 Å². The average molecular weight is 301 g/mol. The van der Waals surface area contributed by atoms with Crippen LogP contribution in [0.25, 0.3) is 0 Å². The van der Waals surface area contributed by atoms with Gasteiger partial charge in [-0.3, -0.25) is 4.98 Å². The summed E-state index contributed by atoms with van der Waals surface area (Å²) in [6, 6.07) is 6.11. The van der Waals surface area contributed by atoms with E-state index in [0.717, 1.165) is 18.5 Å². The molecule has 0 radical (unpaired) electrons. The Morgan fingerprint density at radius 1 is 1.44 bits per heavy atom. The van der Waals surface area contributed by atoms with Crippen molar-refractivity contribution < 1.29 is 0 Å². The number of thiophene rings is 1. The van der Waals surface area contributed by atoms with Gasteiger partial charge in [-0.2, -0.15) is 0 Å². The smallest absolute Gasteiger partial charge is 0.0760 e. The number of halogens is 2. The number of pyridine rings is 1. The Bertz CT molecular complexity index is 500. The van der Waals surface area contributed by atoms with Gasteiger partial charge in [0.15, 0.2) is 0 Å². The molecule has 2 rings (SSSR count). The molecule has 2 nitrogen and oxygen atoms in total. The average Bonchev–Trinajstić information content (AvgIpc) is 2.85. The molecule has 1 unspecified atom stereocenters. The third kappa shape index (κ3) is 3.45. The van der Waals surface area contributed by atoms with Gasteiger partial charge >= 0.3 is 0 Å². The summed E-state index contributed by atoms with van der Waals surface area (Å²) in [5.41, 5.74) is 0.861. The van der Waals surface area contributed by atoms with Crippen molar-refractivity contribution in [2.24, 2.45) is 0 Å². The summed E-state index contributed by atoms with van der Waals surface area (Å²) in [6.45, 7) is 0. The maximum Gasteiger partial charge on any atom is 0.0760 e. The summed E-state index contributed by atoms with van der Waals surface area (Å²) >= 11 is 13.8. The van der Waals surface area contributed by atoms with E-state index in [2.05, 4.69) is 27.8 Å². The highest BCUT2D eigenvalue weighted by Gasteiger charge is 2.15. The Morgan fingerprint density at radius 3 is 2.89 bits per heavy atom. The number of nitrogens with one attached hydrogen (secondary N) is 1. The second-order valence-electron chi connectivity index (χ2n) is 3.98. The molecule has 0 amide bonds. The van der Waals surface area contributed by atoms with Crippen LogP contribution in [-0.4, -0.2) is 12.0 Å². The number of rotatable bonds is 5. The van der Waals surface area contributed by atoms with Crippen LogP contribution in [0.5, 0.6) is 0 Å². The van der Waals surface area contributed by atoms with E-state index in [1.807, 2.05) is 7.05 Å². The molecular formula is C13H14Cl2N2S. The predicted molar refractivity (Wildman–Crippen MR) is 78.7 cm³/mol. The highest BCUT2D eigenvalue weighted by Crippen LogP contribution is 2.27. The van der Waals surface area contributed by atoms with Gasteiger partial charge in [0.2, 0.25) is 0 Å². The van der Waals surface area contributed by atoms with Crippen LogP contribution < -0.4 is 5.32 Å². The molecule has 2 aromatic rings. The lowest BCUT2D eigenvalue weighted by Gasteiger charge is -2.16. The number of aryl methyl sites for hydroxylation is 1. The quantitative estimate of drug-likeness (QED) is 0.888. The molecule has 96 valence electrons. The Balaban J connectivity index is 2.08. The third-order valence-corrected chi connectivity index (χ3v) is 4.22. The van der Waals surface area contributed by atoms with Gasteiger partial charge in [-0.15, -0.1) is 11.3 Å². The Morgan fingerprint density at radius 2 is 2.28 bits per heavy atom. The second kappa shape index (κ2) is 6.53. The zero-order valence-corrected chi connectivity index (χ0v) is 12.3. The molecule has 0 aromatic carbocycles. The van der Waals surface area contributed by atoms with Crippen LogP contribution in [-0.2, 0) is 6.42 Å². The van der Waals surface area contributed by atoms with E-state index in [1.54, 1.807) is 23.6 Å². The molecule has 5 heteroatoms. The molecule has 0 spiro atoms. The summed E-state index contributed by atoms with van der Waals surface area (Å²) < 4.78 is 0. The van der Waals surface area contributed by atoms with Gasteiger partial charge < -0.3 is 5.32 Å². The maximum absolute atomic E-state index is 6.18. The molecular weight excluding hydrogens is 287 g/mol. The maximum atomic E-state index is 6.18. The number of hydrogen-bond donors (Lipinski definition) is 1. The van der Waals surface area contributed by atoms with Gasteiger partial charge in [0.05, 0.1) is 21.8 Å². The molecule has 1 atom stereocenters. The fraction of sp³-hybridized carbons (Fsp3) is 0.308. The summed E-state index contributed by atoms with van der Waals surface area (Å²) in [4.78, 5) is 5.70. The molecule has 0 fully saturated rings. The van der Waals surface area contributed by atoms with Crippen LogP contribution in [0.4, 0.5) is 0 Å². The van der Waals surface area contributed by atoms with Crippen molar-refractivity contribution in [3.8, 4) is 0 Å². The van der Waals surface area contributed by atoms with Gasteiger partial charge in [-0.05, 0) is 37.4 Å². The van der Waals surface area contributed by atoms with E-state index in [9.17, 15) is 0 Å². The molecule has 0 saturated carbocycles. The van der Waals surface area contributed by atoms with Crippen molar-refractivity contribution in [2.45, 2.75) is 18.9 Å². The standard InChI is InChI=1S/C13H14Cl2N2S/c1-16-12(5-4-10-3-2-6-18-10)13-11(15)7-9(14)8-17-13/h2-3,6-8,12,16H,4-5H2,1H3. The van der Waals surface area contributed by atoms with E-state index < -0.39 is 0 Å². The fourth-order valence-corrected chi connectivity index (χ4v) is 3.08. The van der Waals surface area contributed by atoms with Crippen LogP contribution in [0, 0.1) is 0 Å². The molecule has 0 saturated heterocycles. The summed E-state index contributed by atoms with van der Waals surface area (Å²) in [5, 5.41) is 6.54. The molecule has 0 aliphatic carbocycles. The summed E-state index contributed by atoms with van der Waals surface area (Å²) in [7, 11) is 1.92.